The highest BCUT2D eigenvalue weighted by Gasteiger charge is 2.26. The number of aromatic carboxylic acids is 1. The number of ether oxygens (including phenoxy) is 1. The molecule has 0 amide bonds. The van der Waals surface area contributed by atoms with Crippen LogP contribution in [0.2, 0.25) is 5.02 Å². The van der Waals surface area contributed by atoms with Gasteiger partial charge in [0.05, 0.1) is 18.4 Å². The van der Waals surface area contributed by atoms with E-state index in [2.05, 4.69) is 0 Å². The fourth-order valence-electron chi connectivity index (χ4n) is 3.52. The average Bonchev–Trinajstić information content (AvgIpc) is 2.68. The lowest BCUT2D eigenvalue weighted by Crippen LogP contribution is -2.25. The number of carboxylic acids is 1. The zero-order valence-electron chi connectivity index (χ0n) is 16.1. The van der Waals surface area contributed by atoms with Crippen LogP contribution < -0.4 is 10.2 Å². The Hall–Kier alpha value is -3.12. The number of methoxy groups -OCH3 is 1. The Labute approximate surface area is 171 Å². The molecule has 0 saturated carbocycles. The van der Waals surface area contributed by atoms with Gasteiger partial charge in [0.25, 0.3) is 0 Å². The Balaban J connectivity index is 2.46. The van der Waals surface area contributed by atoms with E-state index in [9.17, 15) is 19.1 Å². The maximum absolute atomic E-state index is 13.7. The topological polar surface area (TPSA) is 68.5 Å². The van der Waals surface area contributed by atoms with Gasteiger partial charge in [0.1, 0.15) is 17.1 Å². The van der Waals surface area contributed by atoms with E-state index in [4.69, 9.17) is 16.3 Å². The Bertz CT molecular complexity index is 1150. The van der Waals surface area contributed by atoms with Crippen LogP contribution in [0.25, 0.3) is 22.4 Å². The number of rotatable bonds is 5. The summed E-state index contributed by atoms with van der Waals surface area (Å²) in [7, 11) is 1.37. The minimum Gasteiger partial charge on any atom is -0.496 e. The second-order valence-corrected chi connectivity index (χ2v) is 6.85. The highest BCUT2D eigenvalue weighted by Crippen LogP contribution is 2.34. The van der Waals surface area contributed by atoms with Gasteiger partial charge in [-0.05, 0) is 43.7 Å². The zero-order chi connectivity index (χ0) is 21.3. The predicted octanol–water partition coefficient (Wildman–Crippen LogP) is 5.01. The first-order valence-electron chi connectivity index (χ1n) is 8.90. The zero-order valence-corrected chi connectivity index (χ0v) is 16.9. The summed E-state index contributed by atoms with van der Waals surface area (Å²) in [6, 6.07) is 10.4. The Morgan fingerprint density at radius 3 is 2.41 bits per heavy atom. The van der Waals surface area contributed by atoms with Crippen molar-refractivity contribution in [3.8, 4) is 28.1 Å². The Morgan fingerprint density at radius 1 is 1.21 bits per heavy atom. The third-order valence-corrected chi connectivity index (χ3v) is 5.06. The minimum absolute atomic E-state index is 0.156. The van der Waals surface area contributed by atoms with Crippen molar-refractivity contribution >= 4 is 17.6 Å². The number of hydrogen-bond donors (Lipinski definition) is 1. The molecule has 2 aromatic carbocycles. The summed E-state index contributed by atoms with van der Waals surface area (Å²) >= 11 is 5.96. The number of carboxylic acid groups (broad SMARTS) is 1. The van der Waals surface area contributed by atoms with E-state index >= 15 is 0 Å². The number of aromatic nitrogens is 1. The molecule has 3 aromatic rings. The molecule has 29 heavy (non-hydrogen) atoms. The molecule has 7 heteroatoms. The normalized spacial score (nSPS) is 10.8. The van der Waals surface area contributed by atoms with Crippen molar-refractivity contribution in [3.05, 3.63) is 74.8 Å². The number of halogens is 2. The first-order chi connectivity index (χ1) is 13.8. The molecule has 0 saturated heterocycles. The highest BCUT2D eigenvalue weighted by molar-refractivity contribution is 6.30. The maximum Gasteiger partial charge on any atom is 0.341 e. The molecule has 0 atom stereocenters. The Morgan fingerprint density at radius 2 is 1.86 bits per heavy atom. The van der Waals surface area contributed by atoms with Gasteiger partial charge in [-0.2, -0.15) is 0 Å². The lowest BCUT2D eigenvalue weighted by Gasteiger charge is -2.22. The third-order valence-electron chi connectivity index (χ3n) is 4.81. The number of carbonyl (C=O) groups is 1. The molecule has 0 unspecified atom stereocenters. The van der Waals surface area contributed by atoms with Crippen LogP contribution in [0.4, 0.5) is 4.39 Å². The molecular weight excluding hydrogens is 397 g/mol. The van der Waals surface area contributed by atoms with E-state index in [1.807, 2.05) is 6.92 Å². The molecule has 0 aliphatic carbocycles. The van der Waals surface area contributed by atoms with Gasteiger partial charge in [0, 0.05) is 28.9 Å². The third kappa shape index (κ3) is 3.63. The van der Waals surface area contributed by atoms with E-state index in [0.717, 1.165) is 6.07 Å². The quantitative estimate of drug-likeness (QED) is 0.636. The van der Waals surface area contributed by atoms with Crippen molar-refractivity contribution in [2.24, 2.45) is 0 Å². The number of benzene rings is 2. The minimum atomic E-state index is -1.34. The van der Waals surface area contributed by atoms with Crippen LogP contribution in [0.1, 0.15) is 23.0 Å². The number of pyridine rings is 1. The van der Waals surface area contributed by atoms with Crippen LogP contribution in [-0.4, -0.2) is 22.8 Å². The molecule has 0 radical (unpaired) electrons. The molecule has 0 aliphatic heterocycles. The van der Waals surface area contributed by atoms with E-state index in [0.29, 0.717) is 34.1 Å². The van der Waals surface area contributed by atoms with E-state index in [1.54, 1.807) is 35.8 Å². The van der Waals surface area contributed by atoms with Gasteiger partial charge in [-0.1, -0.05) is 23.7 Å². The van der Waals surface area contributed by atoms with E-state index < -0.39 is 17.2 Å². The van der Waals surface area contributed by atoms with E-state index in [1.165, 1.54) is 19.2 Å². The van der Waals surface area contributed by atoms with Gasteiger partial charge in [-0.3, -0.25) is 4.79 Å². The number of hydrogen-bond acceptors (Lipinski definition) is 3. The molecule has 0 aliphatic rings. The second kappa shape index (κ2) is 8.09. The molecule has 3 rings (SSSR count). The molecule has 1 heterocycles. The van der Waals surface area contributed by atoms with Gasteiger partial charge in [-0.25, -0.2) is 9.18 Å². The molecule has 5 nitrogen and oxygen atoms in total. The summed E-state index contributed by atoms with van der Waals surface area (Å²) in [5.41, 5.74) is 0.895. The summed E-state index contributed by atoms with van der Waals surface area (Å²) in [6.07, 6.45) is 0. The summed E-state index contributed by atoms with van der Waals surface area (Å²) < 4.78 is 20.7. The second-order valence-electron chi connectivity index (χ2n) is 6.41. The van der Waals surface area contributed by atoms with Crippen LogP contribution >= 0.6 is 11.6 Å². The lowest BCUT2D eigenvalue weighted by atomic mass is 9.95. The summed E-state index contributed by atoms with van der Waals surface area (Å²) in [6.45, 7) is 4.00. The molecule has 0 bridgehead atoms. The van der Waals surface area contributed by atoms with Crippen molar-refractivity contribution in [1.29, 1.82) is 0 Å². The Kier molecular flexibility index (Phi) is 5.75. The fraction of sp³-hybridized carbons (Fsp3) is 0.182. The van der Waals surface area contributed by atoms with Crippen molar-refractivity contribution < 1.29 is 19.0 Å². The van der Waals surface area contributed by atoms with Gasteiger partial charge < -0.3 is 14.4 Å². The summed E-state index contributed by atoms with van der Waals surface area (Å²) in [5.74, 6) is -1.71. The lowest BCUT2D eigenvalue weighted by molar-refractivity contribution is 0.0695. The van der Waals surface area contributed by atoms with Crippen LogP contribution in [0, 0.1) is 12.7 Å². The largest absolute Gasteiger partial charge is 0.496 e. The highest BCUT2D eigenvalue weighted by atomic mass is 35.5. The fourth-order valence-corrected chi connectivity index (χ4v) is 3.65. The van der Waals surface area contributed by atoms with E-state index in [-0.39, 0.29) is 16.9 Å². The van der Waals surface area contributed by atoms with Crippen LogP contribution in [0.3, 0.4) is 0 Å². The summed E-state index contributed by atoms with van der Waals surface area (Å²) in [5, 5.41) is 10.4. The molecule has 1 aromatic heterocycles. The van der Waals surface area contributed by atoms with Crippen LogP contribution in [0.15, 0.2) is 47.3 Å². The van der Waals surface area contributed by atoms with Gasteiger partial charge in [0.15, 0.2) is 0 Å². The summed E-state index contributed by atoms with van der Waals surface area (Å²) in [4.78, 5) is 25.5. The van der Waals surface area contributed by atoms with Crippen molar-refractivity contribution in [2.45, 2.75) is 20.4 Å². The van der Waals surface area contributed by atoms with Crippen molar-refractivity contribution in [1.82, 2.24) is 4.57 Å². The standard InChI is InChI=1S/C22H19ClFNO4/c1-4-25-12(2)18(16-10-9-15(24)11-17(16)29-3)21(26)19(22(27)28)20(25)13-5-7-14(23)8-6-13/h5-11H,4H2,1-3H3,(H,27,28). The van der Waals surface area contributed by atoms with Gasteiger partial charge in [-0.15, -0.1) is 0 Å². The maximum atomic E-state index is 13.7. The van der Waals surface area contributed by atoms with Crippen molar-refractivity contribution in [3.63, 3.8) is 0 Å². The SMILES string of the molecule is CCn1c(C)c(-c2ccc(F)cc2OC)c(=O)c(C(=O)O)c1-c1ccc(Cl)cc1. The van der Waals surface area contributed by atoms with Gasteiger partial charge >= 0.3 is 5.97 Å². The smallest absolute Gasteiger partial charge is 0.341 e. The molecular formula is C22H19ClFNO4. The first kappa shape index (κ1) is 20.6. The number of nitrogens with zero attached hydrogens (tertiary/aromatic N) is 1. The molecule has 0 fully saturated rings. The molecule has 0 spiro atoms. The van der Waals surface area contributed by atoms with Crippen molar-refractivity contribution in [2.75, 3.05) is 7.11 Å². The molecule has 150 valence electrons. The predicted molar refractivity (Wildman–Crippen MR) is 110 cm³/mol. The van der Waals surface area contributed by atoms with Crippen LogP contribution in [0.5, 0.6) is 5.75 Å². The monoisotopic (exact) mass is 415 g/mol. The van der Waals surface area contributed by atoms with Crippen LogP contribution in [-0.2, 0) is 6.54 Å². The first-order valence-corrected chi connectivity index (χ1v) is 9.28. The van der Waals surface area contributed by atoms with Gasteiger partial charge in [0.2, 0.25) is 5.43 Å². The molecule has 1 N–H and O–H groups in total. The average molecular weight is 416 g/mol.